The van der Waals surface area contributed by atoms with Crippen LogP contribution in [0.2, 0.25) is 0 Å². The summed E-state index contributed by atoms with van der Waals surface area (Å²) in [5.41, 5.74) is 9.85. The number of anilines is 1. The van der Waals surface area contributed by atoms with Gasteiger partial charge in [0.25, 0.3) is 0 Å². The van der Waals surface area contributed by atoms with Gasteiger partial charge in [0, 0.05) is 13.1 Å². The number of nitrogens with two attached hydrogens (primary N) is 1. The maximum absolute atomic E-state index is 5.53. The van der Waals surface area contributed by atoms with Gasteiger partial charge >= 0.3 is 0 Å². The van der Waals surface area contributed by atoms with E-state index in [0.717, 1.165) is 30.5 Å². The summed E-state index contributed by atoms with van der Waals surface area (Å²) in [7, 11) is 2.11. The highest BCUT2D eigenvalue weighted by Crippen LogP contribution is 2.24. The van der Waals surface area contributed by atoms with Gasteiger partial charge < -0.3 is 10.6 Å². The van der Waals surface area contributed by atoms with Crippen LogP contribution in [0.1, 0.15) is 11.1 Å². The van der Waals surface area contributed by atoms with Gasteiger partial charge in [-0.2, -0.15) is 0 Å². The van der Waals surface area contributed by atoms with E-state index in [4.69, 9.17) is 5.73 Å². The van der Waals surface area contributed by atoms with Gasteiger partial charge in [-0.05, 0) is 30.7 Å². The van der Waals surface area contributed by atoms with Gasteiger partial charge in [0.15, 0.2) is 0 Å². The van der Waals surface area contributed by atoms with Crippen molar-refractivity contribution in [2.45, 2.75) is 13.0 Å². The number of aromatic nitrogens is 3. The molecule has 1 aliphatic heterocycles. The lowest BCUT2D eigenvalue weighted by atomic mass is 9.98. The Morgan fingerprint density at radius 2 is 2.19 bits per heavy atom. The molecule has 2 aromatic rings. The van der Waals surface area contributed by atoms with Crippen LogP contribution < -0.4 is 5.73 Å². The molecular weight excluding hydrogens is 202 g/mol. The zero-order valence-electron chi connectivity index (χ0n) is 9.14. The molecule has 0 fully saturated rings. The minimum atomic E-state index is 0.233. The zero-order valence-corrected chi connectivity index (χ0v) is 9.14. The summed E-state index contributed by atoms with van der Waals surface area (Å²) in [4.78, 5) is 6.47. The summed E-state index contributed by atoms with van der Waals surface area (Å²) < 4.78 is 0. The van der Waals surface area contributed by atoms with Crippen molar-refractivity contribution in [2.75, 3.05) is 19.3 Å². The quantitative estimate of drug-likeness (QED) is 0.696. The lowest BCUT2D eigenvalue weighted by molar-refractivity contribution is 0.314. The van der Waals surface area contributed by atoms with E-state index >= 15 is 0 Å². The number of benzene rings is 1. The number of fused-ring (bicyclic) bond motifs is 3. The average molecular weight is 215 g/mol. The Labute approximate surface area is 93.3 Å². The van der Waals surface area contributed by atoms with Crippen LogP contribution >= 0.6 is 0 Å². The Kier molecular flexibility index (Phi) is 2.00. The number of hydrogen-bond donors (Lipinski definition) is 1. The summed E-state index contributed by atoms with van der Waals surface area (Å²) in [6.07, 6.45) is 1.06. The second-order valence-electron chi connectivity index (χ2n) is 4.23. The highest BCUT2D eigenvalue weighted by Gasteiger charge is 2.17. The van der Waals surface area contributed by atoms with Crippen molar-refractivity contribution < 1.29 is 0 Å². The molecule has 0 radical (unpaired) electrons. The molecule has 2 heterocycles. The molecule has 0 unspecified atom stereocenters. The van der Waals surface area contributed by atoms with Crippen LogP contribution in [0, 0.1) is 0 Å². The van der Waals surface area contributed by atoms with Gasteiger partial charge in [0.05, 0.1) is 5.52 Å². The maximum Gasteiger partial charge on any atom is 0.240 e. The molecule has 0 amide bonds. The molecule has 5 heteroatoms. The summed E-state index contributed by atoms with van der Waals surface area (Å²) in [5.74, 6) is 0.233. The highest BCUT2D eigenvalue weighted by molar-refractivity contribution is 5.79. The monoisotopic (exact) mass is 215 g/mol. The molecule has 0 bridgehead atoms. The number of hydrogen-bond acceptors (Lipinski definition) is 5. The first-order valence-corrected chi connectivity index (χ1v) is 5.33. The van der Waals surface area contributed by atoms with Crippen LogP contribution in [0.25, 0.3) is 11.0 Å². The standard InChI is InChI=1S/C11H13N5/c1-16-5-4-7-2-3-9-10(8(7)6-16)14-15-11(12)13-9/h2-3H,4-6H2,1H3,(H2,12,13,15). The molecule has 0 spiro atoms. The summed E-state index contributed by atoms with van der Waals surface area (Å²) in [6, 6.07) is 4.10. The second kappa shape index (κ2) is 3.38. The molecule has 1 aliphatic rings. The average Bonchev–Trinajstić information content (AvgIpc) is 2.28. The molecule has 0 saturated carbocycles. The third-order valence-electron chi connectivity index (χ3n) is 3.04. The van der Waals surface area contributed by atoms with Crippen LogP contribution in [0.15, 0.2) is 12.1 Å². The smallest absolute Gasteiger partial charge is 0.240 e. The molecule has 1 aromatic carbocycles. The Morgan fingerprint density at radius 1 is 1.31 bits per heavy atom. The first-order chi connectivity index (χ1) is 7.74. The van der Waals surface area contributed by atoms with Crippen molar-refractivity contribution in [1.82, 2.24) is 20.1 Å². The maximum atomic E-state index is 5.53. The lowest BCUT2D eigenvalue weighted by Crippen LogP contribution is -2.27. The molecule has 2 N–H and O–H groups in total. The molecule has 5 nitrogen and oxygen atoms in total. The molecule has 0 saturated heterocycles. The fourth-order valence-electron chi connectivity index (χ4n) is 2.19. The van der Waals surface area contributed by atoms with E-state index < -0.39 is 0 Å². The molecule has 1 aromatic heterocycles. The molecule has 3 rings (SSSR count). The van der Waals surface area contributed by atoms with Crippen LogP contribution in [0.3, 0.4) is 0 Å². The van der Waals surface area contributed by atoms with Gasteiger partial charge in [-0.25, -0.2) is 4.98 Å². The Morgan fingerprint density at radius 3 is 3.06 bits per heavy atom. The van der Waals surface area contributed by atoms with Crippen LogP contribution in [0.5, 0.6) is 0 Å². The molecule has 16 heavy (non-hydrogen) atoms. The zero-order chi connectivity index (χ0) is 11.1. The van der Waals surface area contributed by atoms with Gasteiger partial charge in [-0.1, -0.05) is 6.07 Å². The molecule has 82 valence electrons. The van der Waals surface area contributed by atoms with Crippen molar-refractivity contribution in [2.24, 2.45) is 0 Å². The van der Waals surface area contributed by atoms with Crippen LogP contribution in [0.4, 0.5) is 5.95 Å². The normalized spacial score (nSPS) is 16.3. The summed E-state index contributed by atoms with van der Waals surface area (Å²) >= 11 is 0. The Balaban J connectivity index is 2.26. The van der Waals surface area contributed by atoms with E-state index in [2.05, 4.69) is 33.2 Å². The lowest BCUT2D eigenvalue weighted by Gasteiger charge is -2.25. The summed E-state index contributed by atoms with van der Waals surface area (Å²) in [6.45, 7) is 2.00. The third-order valence-corrected chi connectivity index (χ3v) is 3.04. The molecule has 0 atom stereocenters. The number of rotatable bonds is 0. The van der Waals surface area contributed by atoms with E-state index in [-0.39, 0.29) is 5.95 Å². The predicted octanol–water partition coefficient (Wildman–Crippen LogP) is 0.595. The first-order valence-electron chi connectivity index (χ1n) is 5.33. The van der Waals surface area contributed by atoms with Crippen LogP contribution in [-0.2, 0) is 13.0 Å². The van der Waals surface area contributed by atoms with E-state index in [1.165, 1.54) is 11.1 Å². The van der Waals surface area contributed by atoms with E-state index in [1.54, 1.807) is 0 Å². The van der Waals surface area contributed by atoms with Gasteiger partial charge in [0.2, 0.25) is 5.95 Å². The SMILES string of the molecule is CN1CCc2ccc3nc(N)nnc3c2C1. The highest BCUT2D eigenvalue weighted by atomic mass is 15.2. The fourth-order valence-corrected chi connectivity index (χ4v) is 2.19. The largest absolute Gasteiger partial charge is 0.366 e. The van der Waals surface area contributed by atoms with E-state index in [9.17, 15) is 0 Å². The fraction of sp³-hybridized carbons (Fsp3) is 0.364. The van der Waals surface area contributed by atoms with Crippen molar-refractivity contribution in [1.29, 1.82) is 0 Å². The second-order valence-corrected chi connectivity index (χ2v) is 4.23. The molecular formula is C11H13N5. The van der Waals surface area contributed by atoms with Crippen molar-refractivity contribution in [3.63, 3.8) is 0 Å². The number of nitrogens with zero attached hydrogens (tertiary/aromatic N) is 4. The number of nitrogen functional groups attached to an aromatic ring is 1. The minimum Gasteiger partial charge on any atom is -0.366 e. The Bertz CT molecular complexity index is 551. The van der Waals surface area contributed by atoms with Gasteiger partial charge in [-0.3, -0.25) is 0 Å². The van der Waals surface area contributed by atoms with Crippen molar-refractivity contribution >= 4 is 17.0 Å². The third kappa shape index (κ3) is 1.40. The minimum absolute atomic E-state index is 0.233. The summed E-state index contributed by atoms with van der Waals surface area (Å²) in [5, 5.41) is 8.00. The number of likely N-dealkylation sites (N-methyl/N-ethyl adjacent to an activating group) is 1. The van der Waals surface area contributed by atoms with Crippen molar-refractivity contribution in [3.05, 3.63) is 23.3 Å². The predicted molar refractivity (Wildman–Crippen MR) is 61.8 cm³/mol. The van der Waals surface area contributed by atoms with Gasteiger partial charge in [-0.15, -0.1) is 10.2 Å². The first kappa shape index (κ1) is 9.47. The van der Waals surface area contributed by atoms with Crippen LogP contribution in [-0.4, -0.2) is 33.7 Å². The Hall–Kier alpha value is -1.75. The molecule has 0 aliphatic carbocycles. The van der Waals surface area contributed by atoms with E-state index in [0.29, 0.717) is 0 Å². The van der Waals surface area contributed by atoms with Crippen molar-refractivity contribution in [3.8, 4) is 0 Å². The van der Waals surface area contributed by atoms with E-state index in [1.807, 2.05) is 6.07 Å². The topological polar surface area (TPSA) is 67.9 Å². The van der Waals surface area contributed by atoms with Gasteiger partial charge in [0.1, 0.15) is 5.52 Å².